The van der Waals surface area contributed by atoms with Gasteiger partial charge in [-0.2, -0.15) is 0 Å². The highest BCUT2D eigenvalue weighted by atomic mass is 19.1. The van der Waals surface area contributed by atoms with Gasteiger partial charge in [0.2, 0.25) is 0 Å². The third kappa shape index (κ3) is 3.62. The second kappa shape index (κ2) is 7.77. The van der Waals surface area contributed by atoms with Crippen molar-refractivity contribution in [3.63, 3.8) is 0 Å². The van der Waals surface area contributed by atoms with Crippen molar-refractivity contribution in [3.05, 3.63) is 65.0 Å². The highest BCUT2D eigenvalue weighted by Crippen LogP contribution is 2.40. The van der Waals surface area contributed by atoms with Gasteiger partial charge >= 0.3 is 0 Å². The summed E-state index contributed by atoms with van der Waals surface area (Å²) < 4.78 is 19.5. The van der Waals surface area contributed by atoms with Crippen LogP contribution in [0.5, 0.6) is 5.75 Å². The third-order valence-corrected chi connectivity index (χ3v) is 5.78. The molecule has 1 saturated heterocycles. The van der Waals surface area contributed by atoms with Gasteiger partial charge in [-0.1, -0.05) is 18.2 Å². The number of fused-ring (bicyclic) bond motifs is 1. The van der Waals surface area contributed by atoms with Crippen LogP contribution in [0.25, 0.3) is 0 Å². The molecule has 4 heteroatoms. The molecule has 1 aliphatic heterocycles. The molecule has 0 saturated carbocycles. The fourth-order valence-electron chi connectivity index (χ4n) is 4.40. The molecule has 0 bridgehead atoms. The molecule has 0 amide bonds. The maximum Gasteiger partial charge on any atom is 0.123 e. The molecule has 2 aliphatic rings. The Hall–Kier alpha value is -1.91. The Morgan fingerprint density at radius 3 is 2.77 bits per heavy atom. The number of benzene rings is 2. The number of nitrogens with zero attached hydrogens (tertiary/aromatic N) is 1. The Kier molecular flexibility index (Phi) is 5.23. The van der Waals surface area contributed by atoms with E-state index in [2.05, 4.69) is 23.1 Å². The SMILES string of the molecule is NCCOc1ccc2c(c1)C(Cc1cccc(F)c1)C(N1CCC1)CC2. The average Bonchev–Trinajstić information content (AvgIpc) is 2.60. The van der Waals surface area contributed by atoms with E-state index in [0.717, 1.165) is 24.2 Å². The Labute approximate surface area is 155 Å². The summed E-state index contributed by atoms with van der Waals surface area (Å²) in [5, 5.41) is 0. The number of likely N-dealkylation sites (tertiary alicyclic amines) is 1. The van der Waals surface area contributed by atoms with E-state index in [1.165, 1.54) is 43.1 Å². The fourth-order valence-corrected chi connectivity index (χ4v) is 4.40. The van der Waals surface area contributed by atoms with Crippen molar-refractivity contribution >= 4 is 0 Å². The molecule has 2 unspecified atom stereocenters. The van der Waals surface area contributed by atoms with Gasteiger partial charge in [-0.3, -0.25) is 4.90 Å². The van der Waals surface area contributed by atoms with Crippen LogP contribution in [0, 0.1) is 5.82 Å². The molecule has 0 aromatic heterocycles. The smallest absolute Gasteiger partial charge is 0.123 e. The normalized spacial score (nSPS) is 22.5. The first-order valence-corrected chi connectivity index (χ1v) is 9.69. The summed E-state index contributed by atoms with van der Waals surface area (Å²) in [6.07, 6.45) is 4.44. The maximum absolute atomic E-state index is 13.7. The van der Waals surface area contributed by atoms with Crippen molar-refractivity contribution in [2.75, 3.05) is 26.2 Å². The lowest BCUT2D eigenvalue weighted by atomic mass is 9.75. The predicted octanol–water partition coefficient (Wildman–Crippen LogP) is 3.51. The van der Waals surface area contributed by atoms with Gasteiger partial charge in [0.25, 0.3) is 0 Å². The van der Waals surface area contributed by atoms with Gasteiger partial charge in [0.05, 0.1) is 0 Å². The van der Waals surface area contributed by atoms with Gasteiger partial charge in [0, 0.05) is 18.5 Å². The zero-order valence-electron chi connectivity index (χ0n) is 15.2. The Bertz CT molecular complexity index is 760. The molecule has 2 aromatic rings. The van der Waals surface area contributed by atoms with Crippen molar-refractivity contribution in [1.29, 1.82) is 0 Å². The first-order valence-electron chi connectivity index (χ1n) is 9.69. The molecule has 26 heavy (non-hydrogen) atoms. The van der Waals surface area contributed by atoms with Crippen molar-refractivity contribution < 1.29 is 9.13 Å². The van der Waals surface area contributed by atoms with E-state index in [4.69, 9.17) is 10.5 Å². The van der Waals surface area contributed by atoms with E-state index in [-0.39, 0.29) is 5.82 Å². The second-order valence-electron chi connectivity index (χ2n) is 7.43. The lowest BCUT2D eigenvalue weighted by Gasteiger charge is -2.45. The van der Waals surface area contributed by atoms with E-state index < -0.39 is 0 Å². The molecule has 0 radical (unpaired) electrons. The summed E-state index contributed by atoms with van der Waals surface area (Å²) in [7, 11) is 0. The first-order chi connectivity index (χ1) is 12.7. The number of hydrogen-bond acceptors (Lipinski definition) is 3. The molecular weight excluding hydrogens is 327 g/mol. The Morgan fingerprint density at radius 2 is 2.04 bits per heavy atom. The molecule has 3 nitrogen and oxygen atoms in total. The van der Waals surface area contributed by atoms with E-state index in [0.29, 0.717) is 25.1 Å². The monoisotopic (exact) mass is 354 g/mol. The second-order valence-corrected chi connectivity index (χ2v) is 7.43. The molecule has 2 atom stereocenters. The van der Waals surface area contributed by atoms with Gasteiger partial charge in [0.15, 0.2) is 0 Å². The fraction of sp³-hybridized carbons (Fsp3) is 0.455. The molecular formula is C22H27FN2O. The zero-order chi connectivity index (χ0) is 17.9. The Morgan fingerprint density at radius 1 is 1.15 bits per heavy atom. The Balaban J connectivity index is 1.66. The summed E-state index contributed by atoms with van der Waals surface area (Å²) in [4.78, 5) is 2.60. The van der Waals surface area contributed by atoms with Crippen molar-refractivity contribution in [2.24, 2.45) is 5.73 Å². The van der Waals surface area contributed by atoms with Gasteiger partial charge < -0.3 is 10.5 Å². The molecule has 1 fully saturated rings. The number of aryl methyl sites for hydroxylation is 1. The minimum absolute atomic E-state index is 0.154. The van der Waals surface area contributed by atoms with Crippen LogP contribution in [0.3, 0.4) is 0 Å². The van der Waals surface area contributed by atoms with Crippen LogP contribution in [-0.4, -0.2) is 37.2 Å². The van der Waals surface area contributed by atoms with Crippen molar-refractivity contribution in [1.82, 2.24) is 4.90 Å². The zero-order valence-corrected chi connectivity index (χ0v) is 15.2. The van der Waals surface area contributed by atoms with E-state index in [1.807, 2.05) is 12.1 Å². The highest BCUT2D eigenvalue weighted by Gasteiger charge is 2.36. The largest absolute Gasteiger partial charge is 0.492 e. The van der Waals surface area contributed by atoms with Gasteiger partial charge in [-0.25, -0.2) is 4.39 Å². The molecule has 0 spiro atoms. The minimum atomic E-state index is -0.154. The predicted molar refractivity (Wildman–Crippen MR) is 102 cm³/mol. The highest BCUT2D eigenvalue weighted by molar-refractivity contribution is 5.42. The van der Waals surface area contributed by atoms with Crippen LogP contribution in [0.4, 0.5) is 4.39 Å². The standard InChI is InChI=1S/C22H27FN2O/c23-18-4-1-3-16(13-18)14-21-20-15-19(26-12-9-24)7-5-17(20)6-8-22(21)25-10-2-11-25/h1,3-5,7,13,15,21-22H,2,6,8-12,14,24H2. The van der Waals surface area contributed by atoms with Gasteiger partial charge in [-0.05, 0) is 79.7 Å². The van der Waals surface area contributed by atoms with Crippen LogP contribution in [-0.2, 0) is 12.8 Å². The number of hydrogen-bond donors (Lipinski definition) is 1. The molecule has 1 heterocycles. The number of ether oxygens (including phenoxy) is 1. The summed E-state index contributed by atoms with van der Waals surface area (Å²) in [5.41, 5.74) is 9.42. The summed E-state index contributed by atoms with van der Waals surface area (Å²) >= 11 is 0. The summed E-state index contributed by atoms with van der Waals surface area (Å²) in [6.45, 7) is 3.41. The van der Waals surface area contributed by atoms with Crippen LogP contribution in [0.2, 0.25) is 0 Å². The van der Waals surface area contributed by atoms with Crippen molar-refractivity contribution in [2.45, 2.75) is 37.6 Å². The number of rotatable bonds is 6. The topological polar surface area (TPSA) is 38.5 Å². The van der Waals surface area contributed by atoms with Gasteiger partial charge in [-0.15, -0.1) is 0 Å². The van der Waals surface area contributed by atoms with E-state index in [9.17, 15) is 4.39 Å². The molecule has 138 valence electrons. The third-order valence-electron chi connectivity index (χ3n) is 5.78. The van der Waals surface area contributed by atoms with Gasteiger partial charge in [0.1, 0.15) is 18.2 Å². The first kappa shape index (κ1) is 17.5. The maximum atomic E-state index is 13.7. The lowest BCUT2D eigenvalue weighted by molar-refractivity contribution is 0.0876. The van der Waals surface area contributed by atoms with E-state index in [1.54, 1.807) is 6.07 Å². The van der Waals surface area contributed by atoms with Crippen molar-refractivity contribution in [3.8, 4) is 5.75 Å². The van der Waals surface area contributed by atoms with Crippen LogP contribution in [0.1, 0.15) is 35.4 Å². The number of halogens is 1. The quantitative estimate of drug-likeness (QED) is 0.863. The van der Waals surface area contributed by atoms with Crippen LogP contribution >= 0.6 is 0 Å². The van der Waals surface area contributed by atoms with Crippen LogP contribution < -0.4 is 10.5 Å². The molecule has 1 aliphatic carbocycles. The lowest BCUT2D eigenvalue weighted by Crippen LogP contribution is -2.49. The molecule has 2 aromatic carbocycles. The molecule has 2 N–H and O–H groups in total. The summed E-state index contributed by atoms with van der Waals surface area (Å²) in [6, 6.07) is 14.0. The number of nitrogens with two attached hydrogens (primary N) is 1. The molecule has 4 rings (SSSR count). The minimum Gasteiger partial charge on any atom is -0.492 e. The summed E-state index contributed by atoms with van der Waals surface area (Å²) in [5.74, 6) is 1.11. The average molecular weight is 354 g/mol. The van der Waals surface area contributed by atoms with E-state index >= 15 is 0 Å². The van der Waals surface area contributed by atoms with Crippen LogP contribution in [0.15, 0.2) is 42.5 Å².